The van der Waals surface area contributed by atoms with E-state index < -0.39 is 47.4 Å². The van der Waals surface area contributed by atoms with E-state index in [0.717, 1.165) is 12.1 Å². The van der Waals surface area contributed by atoms with Crippen LogP contribution in [0.25, 0.3) is 11.1 Å². The minimum Gasteiger partial charge on any atom is -0.348 e. The van der Waals surface area contributed by atoms with Gasteiger partial charge in [0.25, 0.3) is 0 Å². The molecule has 0 aliphatic carbocycles. The van der Waals surface area contributed by atoms with E-state index in [-0.39, 0.29) is 17.0 Å². The molecule has 1 aliphatic heterocycles. The van der Waals surface area contributed by atoms with E-state index in [1.54, 1.807) is 0 Å². The van der Waals surface area contributed by atoms with Crippen molar-refractivity contribution in [2.24, 2.45) is 5.92 Å². The molecule has 25 heavy (non-hydrogen) atoms. The molecule has 2 nitrogen and oxygen atoms in total. The van der Waals surface area contributed by atoms with Crippen molar-refractivity contribution in [2.75, 3.05) is 13.2 Å². The molecule has 134 valence electrons. The zero-order valence-electron chi connectivity index (χ0n) is 13.3. The van der Waals surface area contributed by atoms with Crippen LogP contribution in [-0.4, -0.2) is 13.2 Å². The van der Waals surface area contributed by atoms with Crippen molar-refractivity contribution < 1.29 is 31.4 Å². The van der Waals surface area contributed by atoms with Crippen LogP contribution in [0.5, 0.6) is 0 Å². The van der Waals surface area contributed by atoms with Crippen LogP contribution in [0.3, 0.4) is 0 Å². The van der Waals surface area contributed by atoms with E-state index in [4.69, 9.17) is 9.47 Å². The number of benzene rings is 2. The lowest BCUT2D eigenvalue weighted by Crippen LogP contribution is -2.25. The molecule has 0 unspecified atom stereocenters. The Morgan fingerprint density at radius 1 is 0.880 bits per heavy atom. The highest BCUT2D eigenvalue weighted by Gasteiger charge is 2.24. The van der Waals surface area contributed by atoms with Crippen LogP contribution < -0.4 is 0 Å². The van der Waals surface area contributed by atoms with E-state index in [2.05, 4.69) is 0 Å². The van der Waals surface area contributed by atoms with Crippen molar-refractivity contribution >= 4 is 0 Å². The summed E-state index contributed by atoms with van der Waals surface area (Å²) in [5, 5.41) is 0. The molecular formula is C18H15F5O2. The molecular weight excluding hydrogens is 343 g/mol. The Balaban J connectivity index is 1.99. The van der Waals surface area contributed by atoms with Gasteiger partial charge >= 0.3 is 0 Å². The molecule has 2 aromatic rings. The number of alkyl halides is 1. The summed E-state index contributed by atoms with van der Waals surface area (Å²) in [5.41, 5.74) is -1.60. The Bertz CT molecular complexity index is 739. The van der Waals surface area contributed by atoms with Crippen molar-refractivity contribution in [1.82, 2.24) is 0 Å². The van der Waals surface area contributed by atoms with Crippen LogP contribution in [0, 0.1) is 29.2 Å². The molecule has 0 bridgehead atoms. The maximum Gasteiger partial charge on any atom is 0.184 e. The number of rotatable bonds is 3. The SMILES string of the molecule is CC1COC(c2cc(F)c(-c3cc(F)c(CF)c(F)c3)c(F)c2)OC1. The van der Waals surface area contributed by atoms with Gasteiger partial charge in [0.05, 0.1) is 24.3 Å². The van der Waals surface area contributed by atoms with Crippen molar-refractivity contribution in [1.29, 1.82) is 0 Å². The molecule has 0 N–H and O–H groups in total. The molecule has 7 heteroatoms. The lowest BCUT2D eigenvalue weighted by molar-refractivity contribution is -0.202. The average Bonchev–Trinajstić information content (AvgIpc) is 2.54. The Hall–Kier alpha value is -1.99. The standard InChI is InChI=1S/C18H15F5O2/c1-9-7-24-18(25-8-9)11-4-15(22)17(16(23)5-11)10-2-13(20)12(6-19)14(21)3-10/h2-5,9,18H,6-8H2,1H3. The number of halogens is 5. The largest absolute Gasteiger partial charge is 0.348 e. The summed E-state index contributed by atoms with van der Waals surface area (Å²) in [6.07, 6.45) is -0.906. The summed E-state index contributed by atoms with van der Waals surface area (Å²) in [5.74, 6) is -4.27. The van der Waals surface area contributed by atoms with Gasteiger partial charge in [-0.15, -0.1) is 0 Å². The Morgan fingerprint density at radius 3 is 1.88 bits per heavy atom. The predicted octanol–water partition coefficient (Wildman–Crippen LogP) is 5.06. The minimum absolute atomic E-state index is 0.131. The fraction of sp³-hybridized carbons (Fsp3) is 0.333. The molecule has 0 amide bonds. The third kappa shape index (κ3) is 3.52. The van der Waals surface area contributed by atoms with E-state index in [1.807, 2.05) is 6.92 Å². The number of hydrogen-bond acceptors (Lipinski definition) is 2. The fourth-order valence-electron chi connectivity index (χ4n) is 2.67. The topological polar surface area (TPSA) is 18.5 Å². The van der Waals surface area contributed by atoms with Gasteiger partial charge in [-0.25, -0.2) is 22.0 Å². The first kappa shape index (κ1) is 17.8. The second-order valence-electron chi connectivity index (χ2n) is 6.02. The molecule has 0 saturated carbocycles. The maximum absolute atomic E-state index is 14.4. The fourth-order valence-corrected chi connectivity index (χ4v) is 2.67. The van der Waals surface area contributed by atoms with Gasteiger partial charge in [0.1, 0.15) is 29.9 Å². The Kier molecular flexibility index (Phi) is 5.06. The highest BCUT2D eigenvalue weighted by atomic mass is 19.2. The van der Waals surface area contributed by atoms with Crippen molar-refractivity contribution in [2.45, 2.75) is 19.9 Å². The summed E-state index contributed by atoms with van der Waals surface area (Å²) in [7, 11) is 0. The molecule has 0 radical (unpaired) electrons. The van der Waals surface area contributed by atoms with Gasteiger partial charge in [-0.3, -0.25) is 0 Å². The molecule has 1 fully saturated rings. The summed E-state index contributed by atoms with van der Waals surface area (Å²) in [4.78, 5) is 0. The summed E-state index contributed by atoms with van der Waals surface area (Å²) in [6, 6.07) is 3.40. The van der Waals surface area contributed by atoms with Gasteiger partial charge in [-0.2, -0.15) is 0 Å². The predicted molar refractivity (Wildman–Crippen MR) is 80.3 cm³/mol. The Morgan fingerprint density at radius 2 is 1.40 bits per heavy atom. The first-order chi connectivity index (χ1) is 11.9. The van der Waals surface area contributed by atoms with E-state index in [1.165, 1.54) is 0 Å². The third-order valence-corrected chi connectivity index (χ3v) is 3.96. The van der Waals surface area contributed by atoms with Gasteiger partial charge in [0.2, 0.25) is 0 Å². The lowest BCUT2D eigenvalue weighted by Gasteiger charge is -2.27. The maximum atomic E-state index is 14.4. The highest BCUT2D eigenvalue weighted by molar-refractivity contribution is 5.66. The molecule has 1 heterocycles. The van der Waals surface area contributed by atoms with Crippen LogP contribution >= 0.6 is 0 Å². The highest BCUT2D eigenvalue weighted by Crippen LogP contribution is 2.33. The molecule has 1 saturated heterocycles. The van der Waals surface area contributed by atoms with Gasteiger partial charge in [0, 0.05) is 11.5 Å². The smallest absolute Gasteiger partial charge is 0.184 e. The summed E-state index contributed by atoms with van der Waals surface area (Å²) >= 11 is 0. The lowest BCUT2D eigenvalue weighted by atomic mass is 10.00. The van der Waals surface area contributed by atoms with Gasteiger partial charge < -0.3 is 9.47 Å². The van der Waals surface area contributed by atoms with Gasteiger partial charge in [-0.1, -0.05) is 6.92 Å². The molecule has 0 aromatic heterocycles. The van der Waals surface area contributed by atoms with Crippen LogP contribution in [0.1, 0.15) is 24.3 Å². The van der Waals surface area contributed by atoms with Crippen molar-refractivity contribution in [3.05, 3.63) is 58.7 Å². The number of ether oxygens (including phenoxy) is 2. The molecule has 2 aromatic carbocycles. The first-order valence-corrected chi connectivity index (χ1v) is 7.67. The molecule has 1 aliphatic rings. The molecule has 0 atom stereocenters. The minimum atomic E-state index is -1.35. The van der Waals surface area contributed by atoms with E-state index >= 15 is 0 Å². The Labute approximate surface area is 141 Å². The zero-order chi connectivity index (χ0) is 18.1. The molecule has 0 spiro atoms. The zero-order valence-corrected chi connectivity index (χ0v) is 13.3. The average molecular weight is 358 g/mol. The second-order valence-corrected chi connectivity index (χ2v) is 6.02. The third-order valence-electron chi connectivity index (χ3n) is 3.96. The molecule has 3 rings (SSSR count). The normalized spacial score (nSPS) is 20.7. The van der Waals surface area contributed by atoms with E-state index in [9.17, 15) is 22.0 Å². The van der Waals surface area contributed by atoms with Crippen LogP contribution in [0.15, 0.2) is 24.3 Å². The van der Waals surface area contributed by atoms with Crippen LogP contribution in [0.4, 0.5) is 22.0 Å². The van der Waals surface area contributed by atoms with Crippen molar-refractivity contribution in [3.63, 3.8) is 0 Å². The first-order valence-electron chi connectivity index (χ1n) is 7.67. The number of hydrogen-bond donors (Lipinski definition) is 0. The van der Waals surface area contributed by atoms with Crippen LogP contribution in [-0.2, 0) is 16.1 Å². The van der Waals surface area contributed by atoms with E-state index in [0.29, 0.717) is 25.3 Å². The second kappa shape index (κ2) is 7.09. The van der Waals surface area contributed by atoms with Gasteiger partial charge in [0.15, 0.2) is 6.29 Å². The summed E-state index contributed by atoms with van der Waals surface area (Å²) < 4.78 is 79.5. The van der Waals surface area contributed by atoms with Gasteiger partial charge in [-0.05, 0) is 29.8 Å². The quantitative estimate of drug-likeness (QED) is 0.714. The van der Waals surface area contributed by atoms with Crippen molar-refractivity contribution in [3.8, 4) is 11.1 Å². The monoisotopic (exact) mass is 358 g/mol. The summed E-state index contributed by atoms with van der Waals surface area (Å²) in [6.45, 7) is 1.33. The van der Waals surface area contributed by atoms with Crippen LogP contribution in [0.2, 0.25) is 0 Å².